The average molecular weight is 468 g/mol. The molecule has 1 aliphatic rings. The van der Waals surface area contributed by atoms with Crippen molar-refractivity contribution in [2.45, 2.75) is 24.2 Å². The molecule has 33 heavy (non-hydrogen) atoms. The third-order valence-corrected chi connectivity index (χ3v) is 6.07. The number of methoxy groups -OCH3 is 1. The molecule has 0 aliphatic heterocycles. The summed E-state index contributed by atoms with van der Waals surface area (Å²) in [6.45, 7) is 0. The predicted molar refractivity (Wildman–Crippen MR) is 121 cm³/mol. The number of nitrogens with zero attached hydrogens (tertiary/aromatic N) is 2. The molecule has 0 saturated carbocycles. The number of rotatable bonds is 6. The van der Waals surface area contributed by atoms with Crippen molar-refractivity contribution in [3.8, 4) is 11.3 Å². The highest BCUT2D eigenvalue weighted by Gasteiger charge is 2.20. The molecule has 0 fully saturated rings. The summed E-state index contributed by atoms with van der Waals surface area (Å²) in [4.78, 5) is 32.3. The van der Waals surface area contributed by atoms with Crippen LogP contribution in [0.1, 0.15) is 17.5 Å². The average Bonchev–Trinajstić information content (AvgIpc) is 2.78. The first-order valence-corrected chi connectivity index (χ1v) is 11.5. The number of carbonyl (C=O) groups excluding carboxylic acids is 2. The maximum Gasteiger partial charge on any atom is 0.315 e. The monoisotopic (exact) mass is 467 g/mol. The van der Waals surface area contributed by atoms with E-state index in [1.54, 1.807) is 24.4 Å². The molecule has 2 aromatic carbocycles. The van der Waals surface area contributed by atoms with E-state index in [2.05, 4.69) is 25.3 Å². The summed E-state index contributed by atoms with van der Waals surface area (Å²) in [5, 5.41) is 10.9. The van der Waals surface area contributed by atoms with Crippen molar-refractivity contribution in [3.63, 3.8) is 0 Å². The maximum atomic E-state index is 12.0. The van der Waals surface area contributed by atoms with Gasteiger partial charge in [-0.3, -0.25) is 9.59 Å². The highest BCUT2D eigenvalue weighted by molar-refractivity contribution is 7.89. The Bertz CT molecular complexity index is 1340. The lowest BCUT2D eigenvalue weighted by atomic mass is 9.89. The van der Waals surface area contributed by atoms with Gasteiger partial charge in [0.15, 0.2) is 0 Å². The smallest absolute Gasteiger partial charge is 0.315 e. The molecular formula is C22H21N5O5S. The minimum atomic E-state index is -3.76. The van der Waals surface area contributed by atoms with Crippen LogP contribution in [0.4, 0.5) is 17.3 Å². The van der Waals surface area contributed by atoms with Crippen LogP contribution in [0, 0.1) is 0 Å². The summed E-state index contributed by atoms with van der Waals surface area (Å²) in [7, 11) is -2.53. The number of benzene rings is 2. The number of carbonyl (C=O) groups is 2. The molecule has 1 aromatic heterocycles. The van der Waals surface area contributed by atoms with Crippen molar-refractivity contribution in [1.29, 1.82) is 0 Å². The van der Waals surface area contributed by atoms with Crippen LogP contribution in [0.15, 0.2) is 53.6 Å². The fourth-order valence-corrected chi connectivity index (χ4v) is 4.04. The molecule has 0 bridgehead atoms. The molecule has 0 radical (unpaired) electrons. The summed E-state index contributed by atoms with van der Waals surface area (Å²) in [6, 6.07) is 11.5. The lowest BCUT2D eigenvalue weighted by molar-refractivity contribution is -0.142. The van der Waals surface area contributed by atoms with E-state index in [0.717, 1.165) is 35.2 Å². The molecule has 4 rings (SSSR count). The molecule has 0 atom stereocenters. The van der Waals surface area contributed by atoms with Gasteiger partial charge in [-0.15, -0.1) is 0 Å². The fraction of sp³-hybridized carbons (Fsp3) is 0.182. The summed E-state index contributed by atoms with van der Waals surface area (Å²) in [5.41, 5.74) is 4.93. The number of nitrogens with two attached hydrogens (primary N) is 1. The molecule has 1 heterocycles. The lowest BCUT2D eigenvalue weighted by Gasteiger charge is -2.20. The zero-order valence-electron chi connectivity index (χ0n) is 17.7. The minimum Gasteiger partial charge on any atom is -0.469 e. The van der Waals surface area contributed by atoms with Crippen LogP contribution in [-0.4, -0.2) is 37.4 Å². The number of primary sulfonamides is 1. The van der Waals surface area contributed by atoms with Gasteiger partial charge in [-0.1, -0.05) is 6.07 Å². The SMILES string of the molecule is COC(=O)CC(=O)Nc1ccc2c(c1)CCc1cnc(Nc3ccc(S(N)(=O)=O)cc3)nc1-2. The number of ether oxygens (including phenoxy) is 1. The van der Waals surface area contributed by atoms with Gasteiger partial charge >= 0.3 is 5.97 Å². The number of sulfonamides is 1. The van der Waals surface area contributed by atoms with Crippen LogP contribution in [-0.2, 0) is 37.2 Å². The van der Waals surface area contributed by atoms with Gasteiger partial charge in [-0.25, -0.2) is 23.5 Å². The standard InChI is InChI=1S/C22H21N5O5S/c1-32-20(29)11-19(28)25-16-6-9-18-13(10-16)2-3-14-12-24-22(27-21(14)18)26-15-4-7-17(8-5-15)33(23,30)31/h4-10,12H,2-3,11H2,1H3,(H,25,28)(H2,23,30,31)(H,24,26,27). The van der Waals surface area contributed by atoms with Gasteiger partial charge < -0.3 is 15.4 Å². The zero-order chi connectivity index (χ0) is 23.6. The Labute approximate surface area is 190 Å². The molecule has 11 heteroatoms. The van der Waals surface area contributed by atoms with Crippen molar-refractivity contribution in [1.82, 2.24) is 9.97 Å². The van der Waals surface area contributed by atoms with E-state index >= 15 is 0 Å². The Morgan fingerprint density at radius 3 is 2.45 bits per heavy atom. The van der Waals surface area contributed by atoms with Gasteiger partial charge in [0.05, 0.1) is 17.7 Å². The quantitative estimate of drug-likeness (QED) is 0.368. The van der Waals surface area contributed by atoms with Crippen LogP contribution in [0.2, 0.25) is 0 Å². The first-order valence-electron chi connectivity index (χ1n) is 9.99. The molecule has 1 aliphatic carbocycles. The molecular weight excluding hydrogens is 446 g/mol. The number of hydrogen-bond donors (Lipinski definition) is 3. The Hall–Kier alpha value is -3.83. The van der Waals surface area contributed by atoms with E-state index in [1.165, 1.54) is 19.2 Å². The van der Waals surface area contributed by atoms with Crippen molar-refractivity contribution < 1.29 is 22.7 Å². The predicted octanol–water partition coefficient (Wildman–Crippen LogP) is 2.13. The Balaban J connectivity index is 1.54. The van der Waals surface area contributed by atoms with Gasteiger partial charge in [0.1, 0.15) is 6.42 Å². The second-order valence-corrected chi connectivity index (χ2v) is 9.00. The molecule has 4 N–H and O–H groups in total. The number of nitrogens with one attached hydrogen (secondary N) is 2. The van der Waals surface area contributed by atoms with Gasteiger partial charge in [-0.05, 0) is 60.4 Å². The number of hydrogen-bond acceptors (Lipinski definition) is 8. The normalized spacial score (nSPS) is 12.3. The Kier molecular flexibility index (Phi) is 6.07. The Morgan fingerprint density at radius 2 is 1.76 bits per heavy atom. The summed E-state index contributed by atoms with van der Waals surface area (Å²) in [5.74, 6) is -0.684. The highest BCUT2D eigenvalue weighted by Crippen LogP contribution is 2.34. The van der Waals surface area contributed by atoms with Gasteiger partial charge in [0.2, 0.25) is 21.9 Å². The third-order valence-electron chi connectivity index (χ3n) is 5.14. The van der Waals surface area contributed by atoms with E-state index in [4.69, 9.17) is 5.14 Å². The summed E-state index contributed by atoms with van der Waals surface area (Å²) >= 11 is 0. The largest absolute Gasteiger partial charge is 0.469 e. The van der Waals surface area contributed by atoms with Crippen molar-refractivity contribution in [3.05, 3.63) is 59.8 Å². The number of amides is 1. The third kappa shape index (κ3) is 5.16. The lowest BCUT2D eigenvalue weighted by Crippen LogP contribution is -2.17. The van der Waals surface area contributed by atoms with Gasteiger partial charge in [0.25, 0.3) is 0 Å². The number of esters is 1. The molecule has 170 valence electrons. The summed E-state index contributed by atoms with van der Waals surface area (Å²) in [6.07, 6.45) is 2.91. The number of aromatic nitrogens is 2. The van der Waals surface area contributed by atoms with Gasteiger partial charge in [-0.2, -0.15) is 0 Å². The molecule has 0 unspecified atom stereocenters. The van der Waals surface area contributed by atoms with Crippen LogP contribution < -0.4 is 15.8 Å². The number of aryl methyl sites for hydroxylation is 2. The van der Waals surface area contributed by atoms with Gasteiger partial charge in [0, 0.05) is 23.1 Å². The summed E-state index contributed by atoms with van der Waals surface area (Å²) < 4.78 is 27.3. The molecule has 0 saturated heterocycles. The molecule has 1 amide bonds. The van der Waals surface area contributed by atoms with Crippen molar-refractivity contribution >= 4 is 39.2 Å². The number of fused-ring (bicyclic) bond motifs is 3. The van der Waals surface area contributed by atoms with Crippen LogP contribution in [0.25, 0.3) is 11.3 Å². The van der Waals surface area contributed by atoms with Crippen LogP contribution in [0.3, 0.4) is 0 Å². The van der Waals surface area contributed by atoms with E-state index in [0.29, 0.717) is 17.3 Å². The molecule has 10 nitrogen and oxygen atoms in total. The van der Waals surface area contributed by atoms with E-state index in [1.807, 2.05) is 12.1 Å². The first-order chi connectivity index (χ1) is 15.7. The first kappa shape index (κ1) is 22.4. The topological polar surface area (TPSA) is 153 Å². The van der Waals surface area contributed by atoms with E-state index < -0.39 is 21.9 Å². The fourth-order valence-electron chi connectivity index (χ4n) is 3.53. The van der Waals surface area contributed by atoms with Crippen LogP contribution >= 0.6 is 0 Å². The number of anilines is 3. The molecule has 0 spiro atoms. The van der Waals surface area contributed by atoms with Crippen molar-refractivity contribution in [2.24, 2.45) is 5.14 Å². The zero-order valence-corrected chi connectivity index (χ0v) is 18.5. The minimum absolute atomic E-state index is 0.0165. The second kappa shape index (κ2) is 8.96. The van der Waals surface area contributed by atoms with E-state index in [9.17, 15) is 18.0 Å². The maximum absolute atomic E-state index is 12.0. The van der Waals surface area contributed by atoms with E-state index in [-0.39, 0.29) is 11.3 Å². The Morgan fingerprint density at radius 1 is 1.06 bits per heavy atom. The highest BCUT2D eigenvalue weighted by atomic mass is 32.2. The molecule has 3 aromatic rings. The van der Waals surface area contributed by atoms with Crippen molar-refractivity contribution in [2.75, 3.05) is 17.7 Å². The second-order valence-electron chi connectivity index (χ2n) is 7.43. The van der Waals surface area contributed by atoms with Crippen LogP contribution in [0.5, 0.6) is 0 Å².